The number of carbonyl (C=O) groups excluding carboxylic acids is 1. The Bertz CT molecular complexity index is 741. The minimum absolute atomic E-state index is 0.0451. The van der Waals surface area contributed by atoms with E-state index >= 15 is 0 Å². The topological polar surface area (TPSA) is 51.0 Å². The maximum absolute atomic E-state index is 13.0. The molecule has 116 valence electrons. The Hall–Kier alpha value is -2.95. The number of amides is 1. The Morgan fingerprint density at radius 2 is 1.87 bits per heavy atom. The first-order valence-corrected chi connectivity index (χ1v) is 7.51. The molecule has 0 saturated carbocycles. The first-order valence-electron chi connectivity index (χ1n) is 7.51. The largest absolute Gasteiger partial charge is 0.290 e. The van der Waals surface area contributed by atoms with E-state index in [-0.39, 0.29) is 5.91 Å². The van der Waals surface area contributed by atoms with Gasteiger partial charge in [0.1, 0.15) is 11.9 Å². The third-order valence-electron chi connectivity index (χ3n) is 3.65. The van der Waals surface area contributed by atoms with Crippen LogP contribution in [0.4, 0.5) is 5.82 Å². The van der Waals surface area contributed by atoms with E-state index in [0.29, 0.717) is 12.4 Å². The van der Waals surface area contributed by atoms with Crippen molar-refractivity contribution in [1.29, 1.82) is 0 Å². The molecule has 1 amide bonds. The number of benzene rings is 1. The Morgan fingerprint density at radius 1 is 1.09 bits per heavy atom. The number of carbonyl (C=O) groups is 1. The second-order valence-electron chi connectivity index (χ2n) is 5.26. The molecule has 2 aromatic heterocycles. The molecule has 0 radical (unpaired) electrons. The van der Waals surface area contributed by atoms with Crippen molar-refractivity contribution in [2.45, 2.75) is 19.5 Å². The highest BCUT2D eigenvalue weighted by molar-refractivity contribution is 5.94. The molecule has 1 atom stereocenters. The highest BCUT2D eigenvalue weighted by Gasteiger charge is 2.24. The summed E-state index contributed by atoms with van der Waals surface area (Å²) in [7, 11) is 0. The van der Waals surface area contributed by atoms with Gasteiger partial charge in [0, 0.05) is 18.6 Å². The molecule has 0 unspecified atom stereocenters. The molecular weight excluding hydrogens is 288 g/mol. The van der Waals surface area contributed by atoms with Gasteiger partial charge < -0.3 is 0 Å². The summed E-state index contributed by atoms with van der Waals surface area (Å²) >= 11 is 0. The summed E-state index contributed by atoms with van der Waals surface area (Å²) in [6.45, 7) is 2.32. The van der Waals surface area contributed by atoms with Crippen LogP contribution in [-0.2, 0) is 11.3 Å². The lowest BCUT2D eigenvalue weighted by Crippen LogP contribution is -2.36. The van der Waals surface area contributed by atoms with E-state index in [1.54, 1.807) is 28.2 Å². The Balaban J connectivity index is 1.90. The molecule has 3 rings (SSSR count). The molecule has 3 aromatic rings. The second-order valence-corrected chi connectivity index (χ2v) is 5.26. The van der Waals surface area contributed by atoms with Crippen LogP contribution < -0.4 is 4.90 Å². The fourth-order valence-corrected chi connectivity index (χ4v) is 2.40. The Morgan fingerprint density at radius 3 is 2.52 bits per heavy atom. The van der Waals surface area contributed by atoms with Crippen molar-refractivity contribution in [3.05, 3.63) is 78.8 Å². The predicted molar refractivity (Wildman–Crippen MR) is 88.8 cm³/mol. The number of rotatable bonds is 5. The van der Waals surface area contributed by atoms with E-state index in [1.165, 1.54) is 0 Å². The molecule has 5 heteroatoms. The fraction of sp³-hybridized carbons (Fsp3) is 0.167. The van der Waals surface area contributed by atoms with Gasteiger partial charge in [-0.1, -0.05) is 36.4 Å². The van der Waals surface area contributed by atoms with Gasteiger partial charge in [-0.05, 0) is 30.7 Å². The number of anilines is 1. The minimum Gasteiger partial charge on any atom is -0.290 e. The van der Waals surface area contributed by atoms with Crippen LogP contribution in [0.5, 0.6) is 0 Å². The van der Waals surface area contributed by atoms with E-state index in [9.17, 15) is 4.79 Å². The second kappa shape index (κ2) is 6.87. The van der Waals surface area contributed by atoms with Crippen LogP contribution in [0, 0.1) is 0 Å². The zero-order chi connectivity index (χ0) is 16.1. The lowest BCUT2D eigenvalue weighted by molar-refractivity contribution is -0.121. The Kier molecular flexibility index (Phi) is 4.47. The highest BCUT2D eigenvalue weighted by Crippen LogP contribution is 2.19. The first kappa shape index (κ1) is 15.0. The maximum Gasteiger partial charge on any atom is 0.253 e. The number of hydrogen-bond acceptors (Lipinski definition) is 3. The summed E-state index contributed by atoms with van der Waals surface area (Å²) in [4.78, 5) is 19.0. The summed E-state index contributed by atoms with van der Waals surface area (Å²) in [6, 6.07) is 16.9. The average molecular weight is 306 g/mol. The standard InChI is InChI=1S/C18H18N4O/c1-15(22-13-7-12-20-22)18(23)21(17-10-5-6-11-19-17)14-16-8-3-2-4-9-16/h2-13,15H,14H2,1H3/t15-/m1/s1. The lowest BCUT2D eigenvalue weighted by atomic mass is 10.2. The summed E-state index contributed by atoms with van der Waals surface area (Å²) in [5.41, 5.74) is 1.05. The molecular formula is C18H18N4O. The molecule has 1 aromatic carbocycles. The van der Waals surface area contributed by atoms with Gasteiger partial charge in [0.15, 0.2) is 0 Å². The van der Waals surface area contributed by atoms with Crippen LogP contribution >= 0.6 is 0 Å². The molecule has 0 N–H and O–H groups in total. The monoisotopic (exact) mass is 306 g/mol. The van der Waals surface area contributed by atoms with Crippen molar-refractivity contribution in [2.75, 3.05) is 4.90 Å². The smallest absolute Gasteiger partial charge is 0.253 e. The molecule has 0 fully saturated rings. The Labute approximate surface area is 135 Å². The zero-order valence-corrected chi connectivity index (χ0v) is 12.9. The fourth-order valence-electron chi connectivity index (χ4n) is 2.40. The lowest BCUT2D eigenvalue weighted by Gasteiger charge is -2.25. The van der Waals surface area contributed by atoms with Gasteiger partial charge in [0.25, 0.3) is 5.91 Å². The highest BCUT2D eigenvalue weighted by atomic mass is 16.2. The van der Waals surface area contributed by atoms with Gasteiger partial charge in [-0.15, -0.1) is 0 Å². The normalized spacial score (nSPS) is 11.9. The molecule has 5 nitrogen and oxygen atoms in total. The van der Waals surface area contributed by atoms with Crippen molar-refractivity contribution in [1.82, 2.24) is 14.8 Å². The number of nitrogens with zero attached hydrogens (tertiary/aromatic N) is 4. The minimum atomic E-state index is -0.393. The molecule has 0 aliphatic rings. The molecule has 0 saturated heterocycles. The third kappa shape index (κ3) is 3.45. The van der Waals surface area contributed by atoms with E-state index in [4.69, 9.17) is 0 Å². The predicted octanol–water partition coefficient (Wildman–Crippen LogP) is 3.07. The summed E-state index contributed by atoms with van der Waals surface area (Å²) < 4.78 is 1.66. The number of hydrogen-bond donors (Lipinski definition) is 0. The van der Waals surface area contributed by atoms with E-state index in [2.05, 4.69) is 10.1 Å². The van der Waals surface area contributed by atoms with Gasteiger partial charge in [-0.3, -0.25) is 14.4 Å². The van der Waals surface area contributed by atoms with Crippen LogP contribution in [0.2, 0.25) is 0 Å². The zero-order valence-electron chi connectivity index (χ0n) is 12.9. The molecule has 0 spiro atoms. The number of pyridine rings is 1. The van der Waals surface area contributed by atoms with E-state index in [1.807, 2.05) is 61.5 Å². The van der Waals surface area contributed by atoms with Gasteiger partial charge in [-0.2, -0.15) is 5.10 Å². The average Bonchev–Trinajstić information content (AvgIpc) is 3.15. The molecule has 23 heavy (non-hydrogen) atoms. The van der Waals surface area contributed by atoms with Gasteiger partial charge in [0.05, 0.1) is 6.54 Å². The van der Waals surface area contributed by atoms with Crippen LogP contribution in [0.1, 0.15) is 18.5 Å². The van der Waals surface area contributed by atoms with Crippen molar-refractivity contribution < 1.29 is 4.79 Å². The summed E-state index contributed by atoms with van der Waals surface area (Å²) in [5, 5.41) is 4.17. The summed E-state index contributed by atoms with van der Waals surface area (Å²) in [5.74, 6) is 0.594. The van der Waals surface area contributed by atoms with Crippen molar-refractivity contribution >= 4 is 11.7 Å². The van der Waals surface area contributed by atoms with Crippen LogP contribution in [-0.4, -0.2) is 20.7 Å². The van der Waals surface area contributed by atoms with Crippen LogP contribution in [0.15, 0.2) is 73.2 Å². The summed E-state index contributed by atoms with van der Waals surface area (Å²) in [6.07, 6.45) is 5.16. The molecule has 2 heterocycles. The van der Waals surface area contributed by atoms with Gasteiger partial charge >= 0.3 is 0 Å². The SMILES string of the molecule is C[C@H](C(=O)N(Cc1ccccc1)c1ccccn1)n1cccn1. The molecule has 0 aliphatic heterocycles. The van der Waals surface area contributed by atoms with Crippen molar-refractivity contribution in [3.8, 4) is 0 Å². The van der Waals surface area contributed by atoms with Crippen LogP contribution in [0.3, 0.4) is 0 Å². The molecule has 0 aliphatic carbocycles. The van der Waals surface area contributed by atoms with E-state index in [0.717, 1.165) is 5.56 Å². The first-order chi connectivity index (χ1) is 11.3. The van der Waals surface area contributed by atoms with Gasteiger partial charge in [-0.25, -0.2) is 4.98 Å². The van der Waals surface area contributed by atoms with E-state index < -0.39 is 6.04 Å². The van der Waals surface area contributed by atoms with Gasteiger partial charge in [0.2, 0.25) is 0 Å². The van der Waals surface area contributed by atoms with Crippen molar-refractivity contribution in [2.24, 2.45) is 0 Å². The van der Waals surface area contributed by atoms with Crippen molar-refractivity contribution in [3.63, 3.8) is 0 Å². The molecule has 0 bridgehead atoms. The quantitative estimate of drug-likeness (QED) is 0.728. The van der Waals surface area contributed by atoms with Crippen LogP contribution in [0.25, 0.3) is 0 Å². The third-order valence-corrected chi connectivity index (χ3v) is 3.65. The number of aromatic nitrogens is 3. The maximum atomic E-state index is 13.0.